The van der Waals surface area contributed by atoms with Gasteiger partial charge in [0.15, 0.2) is 6.61 Å². The SMILES string of the molecule is CCCc1ccc(/C(CCC(=O)O)=N\NC(=O)COc2ccc(C#N)cc2)cc1. The predicted octanol–water partition coefficient (Wildman–Crippen LogP) is 3.27. The van der Waals surface area contributed by atoms with Gasteiger partial charge in [-0.3, -0.25) is 9.59 Å². The molecule has 2 aromatic rings. The molecule has 2 rings (SSSR count). The average molecular weight is 393 g/mol. The number of carboxylic acid groups (broad SMARTS) is 1. The molecule has 0 saturated carbocycles. The Kier molecular flexibility index (Phi) is 8.39. The van der Waals surface area contributed by atoms with Gasteiger partial charge in [0.05, 0.1) is 23.8 Å². The number of hydrogen-bond donors (Lipinski definition) is 2. The summed E-state index contributed by atoms with van der Waals surface area (Å²) in [6.07, 6.45) is 2.10. The molecule has 1 amide bonds. The van der Waals surface area contributed by atoms with Crippen LogP contribution in [0.5, 0.6) is 5.75 Å². The first-order valence-corrected chi connectivity index (χ1v) is 9.31. The van der Waals surface area contributed by atoms with E-state index in [9.17, 15) is 9.59 Å². The van der Waals surface area contributed by atoms with Crippen molar-refractivity contribution in [2.75, 3.05) is 6.61 Å². The number of ether oxygens (including phenoxy) is 1. The lowest BCUT2D eigenvalue weighted by Gasteiger charge is -2.09. The molecule has 0 aromatic heterocycles. The van der Waals surface area contributed by atoms with Gasteiger partial charge in [0, 0.05) is 6.42 Å². The second kappa shape index (κ2) is 11.2. The topological polar surface area (TPSA) is 112 Å². The number of amides is 1. The Labute approximate surface area is 169 Å². The van der Waals surface area contributed by atoms with E-state index in [4.69, 9.17) is 15.1 Å². The molecule has 0 unspecified atom stereocenters. The van der Waals surface area contributed by atoms with Crippen LogP contribution in [0, 0.1) is 11.3 Å². The number of aryl methyl sites for hydroxylation is 1. The van der Waals surface area contributed by atoms with Crippen molar-refractivity contribution in [3.05, 3.63) is 65.2 Å². The van der Waals surface area contributed by atoms with E-state index in [1.54, 1.807) is 24.3 Å². The molecule has 2 N–H and O–H groups in total. The molecule has 0 spiro atoms. The van der Waals surface area contributed by atoms with Crippen LogP contribution >= 0.6 is 0 Å². The highest BCUT2D eigenvalue weighted by molar-refractivity contribution is 6.02. The molecule has 0 heterocycles. The van der Waals surface area contributed by atoms with E-state index in [-0.39, 0.29) is 19.4 Å². The molecule has 2 aromatic carbocycles. The lowest BCUT2D eigenvalue weighted by atomic mass is 10.0. The van der Waals surface area contributed by atoms with Crippen molar-refractivity contribution in [3.8, 4) is 11.8 Å². The summed E-state index contributed by atoms with van der Waals surface area (Å²) in [5, 5.41) is 21.9. The van der Waals surface area contributed by atoms with Gasteiger partial charge in [-0.05, 0) is 41.8 Å². The molecule has 29 heavy (non-hydrogen) atoms. The first-order valence-electron chi connectivity index (χ1n) is 9.31. The zero-order chi connectivity index (χ0) is 21.1. The van der Waals surface area contributed by atoms with Gasteiger partial charge in [-0.25, -0.2) is 5.43 Å². The Morgan fingerprint density at radius 2 is 1.79 bits per heavy atom. The first-order chi connectivity index (χ1) is 14.0. The third kappa shape index (κ3) is 7.46. The van der Waals surface area contributed by atoms with E-state index in [0.29, 0.717) is 17.0 Å². The number of nitriles is 1. The highest BCUT2D eigenvalue weighted by atomic mass is 16.5. The molecule has 0 aliphatic carbocycles. The van der Waals surface area contributed by atoms with Crippen molar-refractivity contribution in [1.82, 2.24) is 5.43 Å². The van der Waals surface area contributed by atoms with Crippen molar-refractivity contribution in [1.29, 1.82) is 5.26 Å². The fraction of sp³-hybridized carbons (Fsp3) is 0.273. The minimum absolute atomic E-state index is 0.0901. The lowest BCUT2D eigenvalue weighted by molar-refractivity contribution is -0.136. The summed E-state index contributed by atoms with van der Waals surface area (Å²) in [5.74, 6) is -0.943. The fourth-order valence-corrected chi connectivity index (χ4v) is 2.58. The van der Waals surface area contributed by atoms with Gasteiger partial charge in [-0.15, -0.1) is 0 Å². The number of carbonyl (C=O) groups excluding carboxylic acids is 1. The number of carboxylic acids is 1. The highest BCUT2D eigenvalue weighted by Crippen LogP contribution is 2.12. The number of nitrogens with one attached hydrogen (secondary N) is 1. The second-order valence-corrected chi connectivity index (χ2v) is 6.36. The van der Waals surface area contributed by atoms with Crippen LogP contribution in [0.1, 0.15) is 42.9 Å². The summed E-state index contributed by atoms with van der Waals surface area (Å²) in [6, 6.07) is 16.1. The molecule has 0 aliphatic rings. The number of hydrogen-bond acceptors (Lipinski definition) is 5. The van der Waals surface area contributed by atoms with Gasteiger partial charge in [0.1, 0.15) is 5.75 Å². The van der Waals surface area contributed by atoms with E-state index in [0.717, 1.165) is 18.4 Å². The Balaban J connectivity index is 2.00. The predicted molar refractivity (Wildman–Crippen MR) is 109 cm³/mol. The van der Waals surface area contributed by atoms with E-state index in [1.165, 1.54) is 5.56 Å². The molecule has 150 valence electrons. The van der Waals surface area contributed by atoms with Crippen LogP contribution in [0.2, 0.25) is 0 Å². The van der Waals surface area contributed by atoms with Gasteiger partial charge in [0.2, 0.25) is 0 Å². The number of carbonyl (C=O) groups is 2. The summed E-state index contributed by atoms with van der Waals surface area (Å²) in [6.45, 7) is 1.85. The Morgan fingerprint density at radius 3 is 2.38 bits per heavy atom. The molecule has 0 aliphatic heterocycles. The van der Waals surface area contributed by atoms with Crippen LogP contribution in [-0.2, 0) is 16.0 Å². The third-order valence-corrected chi connectivity index (χ3v) is 4.07. The maximum absolute atomic E-state index is 12.0. The molecule has 7 heteroatoms. The van der Waals surface area contributed by atoms with E-state index < -0.39 is 11.9 Å². The summed E-state index contributed by atoms with van der Waals surface area (Å²) in [4.78, 5) is 23.0. The van der Waals surface area contributed by atoms with Gasteiger partial charge >= 0.3 is 5.97 Å². The molecule has 0 saturated heterocycles. The van der Waals surface area contributed by atoms with Crippen LogP contribution in [0.4, 0.5) is 0 Å². The van der Waals surface area contributed by atoms with Crippen LogP contribution in [0.25, 0.3) is 0 Å². The summed E-state index contributed by atoms with van der Waals surface area (Å²) >= 11 is 0. The van der Waals surface area contributed by atoms with Gasteiger partial charge in [0.25, 0.3) is 5.91 Å². The number of nitrogens with zero attached hydrogens (tertiary/aromatic N) is 2. The molecular formula is C22H23N3O4. The van der Waals surface area contributed by atoms with Crippen LogP contribution in [0.15, 0.2) is 53.6 Å². The maximum Gasteiger partial charge on any atom is 0.303 e. The molecule has 0 atom stereocenters. The van der Waals surface area contributed by atoms with Crippen molar-refractivity contribution < 1.29 is 19.4 Å². The summed E-state index contributed by atoms with van der Waals surface area (Å²) in [5.41, 5.74) is 5.36. The average Bonchev–Trinajstić information content (AvgIpc) is 2.73. The van der Waals surface area contributed by atoms with Gasteiger partial charge in [-0.2, -0.15) is 10.4 Å². The van der Waals surface area contributed by atoms with Crippen molar-refractivity contribution in [2.24, 2.45) is 5.10 Å². The zero-order valence-electron chi connectivity index (χ0n) is 16.2. The molecule has 0 fully saturated rings. The summed E-state index contributed by atoms with van der Waals surface area (Å²) < 4.78 is 5.36. The van der Waals surface area contributed by atoms with E-state index in [1.807, 2.05) is 30.3 Å². The molecule has 7 nitrogen and oxygen atoms in total. The lowest BCUT2D eigenvalue weighted by Crippen LogP contribution is -2.26. The fourth-order valence-electron chi connectivity index (χ4n) is 2.58. The highest BCUT2D eigenvalue weighted by Gasteiger charge is 2.09. The smallest absolute Gasteiger partial charge is 0.303 e. The third-order valence-electron chi connectivity index (χ3n) is 4.07. The van der Waals surface area contributed by atoms with Crippen LogP contribution in [-0.4, -0.2) is 29.3 Å². The van der Waals surface area contributed by atoms with E-state index in [2.05, 4.69) is 17.5 Å². The number of aliphatic carboxylic acids is 1. The molecule has 0 radical (unpaired) electrons. The van der Waals surface area contributed by atoms with Gasteiger partial charge < -0.3 is 9.84 Å². The largest absolute Gasteiger partial charge is 0.484 e. The first kappa shape index (κ1) is 21.6. The standard InChI is InChI=1S/C22H23N3O4/c1-2-3-16-4-8-18(9-5-16)20(12-13-22(27)28)24-25-21(26)15-29-19-10-6-17(14-23)7-11-19/h4-11H,2-3,12-13,15H2,1H3,(H,25,26)(H,27,28)/b24-20-. The zero-order valence-corrected chi connectivity index (χ0v) is 16.2. The van der Waals surface area contributed by atoms with Crippen molar-refractivity contribution in [2.45, 2.75) is 32.6 Å². The molecule has 0 bridgehead atoms. The second-order valence-electron chi connectivity index (χ2n) is 6.36. The van der Waals surface area contributed by atoms with E-state index >= 15 is 0 Å². The molecular weight excluding hydrogens is 370 g/mol. The Hall–Kier alpha value is -3.66. The van der Waals surface area contributed by atoms with Crippen LogP contribution < -0.4 is 10.2 Å². The van der Waals surface area contributed by atoms with Gasteiger partial charge in [-0.1, -0.05) is 37.6 Å². The van der Waals surface area contributed by atoms with Crippen LogP contribution in [0.3, 0.4) is 0 Å². The number of rotatable bonds is 10. The Bertz CT molecular complexity index is 897. The number of benzene rings is 2. The maximum atomic E-state index is 12.0. The minimum Gasteiger partial charge on any atom is -0.484 e. The monoisotopic (exact) mass is 393 g/mol. The normalized spacial score (nSPS) is 10.8. The van der Waals surface area contributed by atoms with Crippen molar-refractivity contribution in [3.63, 3.8) is 0 Å². The Morgan fingerprint density at radius 1 is 1.10 bits per heavy atom. The minimum atomic E-state index is -0.934. The quantitative estimate of drug-likeness (QED) is 0.475. The summed E-state index contributed by atoms with van der Waals surface area (Å²) in [7, 11) is 0. The number of hydrazone groups is 1. The van der Waals surface area contributed by atoms with Crippen molar-refractivity contribution >= 4 is 17.6 Å².